The Morgan fingerprint density at radius 3 is 2.43 bits per heavy atom. The van der Waals surface area contributed by atoms with Crippen LogP contribution < -0.4 is 15.0 Å². The molecule has 37 heavy (non-hydrogen) atoms. The number of hydrogen-bond donors (Lipinski definition) is 2. The summed E-state index contributed by atoms with van der Waals surface area (Å²) < 4.78 is 6.09. The number of aliphatic hydroxyl groups is 1. The summed E-state index contributed by atoms with van der Waals surface area (Å²) in [6.45, 7) is 4.05. The predicted molar refractivity (Wildman–Crippen MR) is 149 cm³/mol. The zero-order chi connectivity index (χ0) is 25.8. The van der Waals surface area contributed by atoms with Gasteiger partial charge in [-0.1, -0.05) is 29.3 Å². The summed E-state index contributed by atoms with van der Waals surface area (Å²) in [6, 6.07) is 12.8. The third-order valence-electron chi connectivity index (χ3n) is 8.01. The fourth-order valence-electron chi connectivity index (χ4n) is 5.84. The Balaban J connectivity index is 1.25. The average Bonchev–Trinajstić information content (AvgIpc) is 3.68. The van der Waals surface area contributed by atoms with Crippen LogP contribution in [0.15, 0.2) is 42.5 Å². The molecule has 2 aromatic rings. The van der Waals surface area contributed by atoms with Crippen molar-refractivity contribution in [3.8, 4) is 5.75 Å². The quantitative estimate of drug-likeness (QED) is 0.438. The maximum atomic E-state index is 13.4. The van der Waals surface area contributed by atoms with Crippen molar-refractivity contribution in [1.82, 2.24) is 10.2 Å². The molecule has 1 amide bonds. The number of nitrogens with zero attached hydrogens (tertiary/aromatic N) is 2. The van der Waals surface area contributed by atoms with E-state index >= 15 is 0 Å². The molecular formula is C29H37Cl2N3O3. The van der Waals surface area contributed by atoms with E-state index in [2.05, 4.69) is 15.1 Å². The molecule has 0 spiro atoms. The van der Waals surface area contributed by atoms with Crippen molar-refractivity contribution in [2.45, 2.75) is 63.2 Å². The van der Waals surface area contributed by atoms with Gasteiger partial charge in [-0.05, 0) is 100.0 Å². The molecule has 2 N–H and O–H groups in total. The Hall–Kier alpha value is -1.99. The summed E-state index contributed by atoms with van der Waals surface area (Å²) in [5.74, 6) is 0.527. The van der Waals surface area contributed by atoms with Crippen LogP contribution in [0.5, 0.6) is 5.75 Å². The number of nitrogens with one attached hydrogen (secondary N) is 1. The summed E-state index contributed by atoms with van der Waals surface area (Å²) in [4.78, 5) is 17.9. The van der Waals surface area contributed by atoms with Gasteiger partial charge in [0.1, 0.15) is 11.9 Å². The topological polar surface area (TPSA) is 65.0 Å². The molecule has 2 heterocycles. The Morgan fingerprint density at radius 1 is 1.00 bits per heavy atom. The van der Waals surface area contributed by atoms with Gasteiger partial charge >= 0.3 is 0 Å². The van der Waals surface area contributed by atoms with Crippen LogP contribution in [-0.4, -0.2) is 60.8 Å². The molecule has 2 aliphatic heterocycles. The van der Waals surface area contributed by atoms with Gasteiger partial charge in [-0.2, -0.15) is 0 Å². The second kappa shape index (κ2) is 12.2. The molecule has 8 heteroatoms. The molecule has 1 saturated carbocycles. The zero-order valence-corrected chi connectivity index (χ0v) is 22.8. The van der Waals surface area contributed by atoms with Crippen LogP contribution in [0.3, 0.4) is 0 Å². The first-order valence-electron chi connectivity index (χ1n) is 13.6. The highest BCUT2D eigenvalue weighted by Gasteiger charge is 2.33. The van der Waals surface area contributed by atoms with E-state index in [4.69, 9.17) is 27.9 Å². The fourth-order valence-corrected chi connectivity index (χ4v) is 6.20. The van der Waals surface area contributed by atoms with Crippen LogP contribution in [0.2, 0.25) is 10.0 Å². The third-order valence-corrected chi connectivity index (χ3v) is 8.55. The van der Waals surface area contributed by atoms with E-state index in [-0.39, 0.29) is 17.9 Å². The first kappa shape index (κ1) is 26.6. The summed E-state index contributed by atoms with van der Waals surface area (Å²) in [5.41, 5.74) is 1.77. The minimum absolute atomic E-state index is 0.00741. The van der Waals surface area contributed by atoms with Crippen LogP contribution >= 0.6 is 23.2 Å². The lowest BCUT2D eigenvalue weighted by Gasteiger charge is -2.30. The molecule has 3 aliphatic rings. The minimum atomic E-state index is -0.864. The first-order valence-corrected chi connectivity index (χ1v) is 14.4. The van der Waals surface area contributed by atoms with E-state index in [0.717, 1.165) is 57.4 Å². The Bertz CT molecular complexity index is 1050. The Morgan fingerprint density at radius 2 is 1.73 bits per heavy atom. The smallest absolute Gasteiger partial charge is 0.225 e. The molecule has 2 saturated heterocycles. The number of carbonyl (C=O) groups excluding carboxylic acids is 1. The lowest BCUT2D eigenvalue weighted by Crippen LogP contribution is -2.48. The van der Waals surface area contributed by atoms with Crippen LogP contribution in [0.25, 0.3) is 0 Å². The number of benzene rings is 2. The number of hydrogen-bond acceptors (Lipinski definition) is 5. The highest BCUT2D eigenvalue weighted by Crippen LogP contribution is 2.33. The van der Waals surface area contributed by atoms with Gasteiger partial charge in [0.15, 0.2) is 0 Å². The van der Waals surface area contributed by atoms with Gasteiger partial charge in [0.05, 0.1) is 23.1 Å². The number of likely N-dealkylation sites (tertiary alicyclic amines) is 1. The number of anilines is 1. The normalized spacial score (nSPS) is 22.4. The molecule has 2 aromatic carbocycles. The van der Waals surface area contributed by atoms with Gasteiger partial charge < -0.3 is 25.0 Å². The maximum Gasteiger partial charge on any atom is 0.225 e. The molecule has 1 aliphatic carbocycles. The number of aliphatic hydroxyl groups excluding tert-OH is 1. The molecule has 6 nitrogen and oxygen atoms in total. The van der Waals surface area contributed by atoms with Crippen LogP contribution in [0, 0.1) is 5.92 Å². The van der Waals surface area contributed by atoms with Crippen molar-refractivity contribution in [3.05, 3.63) is 58.1 Å². The zero-order valence-electron chi connectivity index (χ0n) is 21.3. The lowest BCUT2D eigenvalue weighted by molar-refractivity contribution is -0.126. The second-order valence-corrected chi connectivity index (χ2v) is 11.5. The van der Waals surface area contributed by atoms with Crippen LogP contribution in [-0.2, 0) is 4.79 Å². The van der Waals surface area contributed by atoms with Gasteiger partial charge in [0.2, 0.25) is 5.91 Å². The predicted octanol–water partition coefficient (Wildman–Crippen LogP) is 5.46. The number of halogens is 2. The number of rotatable bonds is 9. The van der Waals surface area contributed by atoms with E-state index in [1.807, 2.05) is 36.4 Å². The molecule has 0 aromatic heterocycles. The number of carbonyl (C=O) groups is 1. The van der Waals surface area contributed by atoms with Crippen molar-refractivity contribution in [2.24, 2.45) is 5.92 Å². The highest BCUT2D eigenvalue weighted by atomic mass is 35.5. The van der Waals surface area contributed by atoms with Crippen molar-refractivity contribution >= 4 is 34.8 Å². The molecule has 3 unspecified atom stereocenters. The summed E-state index contributed by atoms with van der Waals surface area (Å²) in [6.07, 6.45) is 6.92. The van der Waals surface area contributed by atoms with E-state index in [1.54, 1.807) is 6.07 Å². The minimum Gasteiger partial charge on any atom is -0.489 e. The largest absolute Gasteiger partial charge is 0.489 e. The van der Waals surface area contributed by atoms with Crippen LogP contribution in [0.1, 0.15) is 56.6 Å². The molecule has 200 valence electrons. The first-order chi connectivity index (χ1) is 18.0. The van der Waals surface area contributed by atoms with Crippen LogP contribution in [0.4, 0.5) is 5.69 Å². The summed E-state index contributed by atoms with van der Waals surface area (Å²) in [5, 5.41) is 15.8. The summed E-state index contributed by atoms with van der Waals surface area (Å²) in [7, 11) is 0. The van der Waals surface area contributed by atoms with Crippen molar-refractivity contribution in [3.63, 3.8) is 0 Å². The monoisotopic (exact) mass is 545 g/mol. The molecular weight excluding hydrogens is 509 g/mol. The van der Waals surface area contributed by atoms with Crippen molar-refractivity contribution in [1.29, 1.82) is 0 Å². The summed E-state index contributed by atoms with van der Waals surface area (Å²) >= 11 is 12.6. The van der Waals surface area contributed by atoms with E-state index < -0.39 is 12.1 Å². The molecule has 5 rings (SSSR count). The van der Waals surface area contributed by atoms with E-state index in [1.165, 1.54) is 12.8 Å². The highest BCUT2D eigenvalue weighted by molar-refractivity contribution is 6.32. The lowest BCUT2D eigenvalue weighted by atomic mass is 10.00. The van der Waals surface area contributed by atoms with Gasteiger partial charge in [0.25, 0.3) is 0 Å². The third kappa shape index (κ3) is 6.72. The van der Waals surface area contributed by atoms with Crippen molar-refractivity contribution < 1.29 is 14.6 Å². The SMILES string of the molecule is O=C(NC(CN1CCCC1)C(O)c1ccc(OC2CCCC2)c(Cl)c1)C1CCN(c2ccc(Cl)cc2)C1. The van der Waals surface area contributed by atoms with Gasteiger partial charge in [-0.25, -0.2) is 0 Å². The van der Waals surface area contributed by atoms with E-state index in [0.29, 0.717) is 34.4 Å². The molecule has 0 radical (unpaired) electrons. The molecule has 3 fully saturated rings. The number of amides is 1. The maximum absolute atomic E-state index is 13.4. The Labute approximate surface area is 229 Å². The molecule has 3 atom stereocenters. The molecule has 0 bridgehead atoms. The van der Waals surface area contributed by atoms with Gasteiger partial charge in [0, 0.05) is 30.3 Å². The average molecular weight is 547 g/mol. The van der Waals surface area contributed by atoms with Gasteiger partial charge in [-0.3, -0.25) is 4.79 Å². The standard InChI is InChI=1S/C29H37Cl2N3O3/c30-22-8-10-23(11-9-22)34-16-13-21(18-34)29(36)32-26(19-33-14-3-4-15-33)28(35)20-7-12-27(25(31)17-20)37-24-5-1-2-6-24/h7-12,17,21,24,26,28,35H,1-6,13-16,18-19H2,(H,32,36). The Kier molecular flexibility index (Phi) is 8.81. The number of ether oxygens (including phenoxy) is 1. The van der Waals surface area contributed by atoms with Crippen molar-refractivity contribution in [2.75, 3.05) is 37.6 Å². The fraction of sp³-hybridized carbons (Fsp3) is 0.552. The van der Waals surface area contributed by atoms with E-state index in [9.17, 15) is 9.90 Å². The second-order valence-electron chi connectivity index (χ2n) is 10.7. The van der Waals surface area contributed by atoms with Gasteiger partial charge in [-0.15, -0.1) is 0 Å².